The number of fused-ring (bicyclic) bond motifs is 1. The molecule has 1 aromatic carbocycles. The van der Waals surface area contributed by atoms with Crippen LogP contribution in [0.25, 0.3) is 0 Å². The van der Waals surface area contributed by atoms with Gasteiger partial charge in [0.15, 0.2) is 0 Å². The number of carbonyl (C=O) groups is 1. The van der Waals surface area contributed by atoms with Gasteiger partial charge < -0.3 is 14.7 Å². The first-order valence-corrected chi connectivity index (χ1v) is 6.85. The summed E-state index contributed by atoms with van der Waals surface area (Å²) in [5, 5.41) is 9.86. The zero-order valence-corrected chi connectivity index (χ0v) is 11.1. The molecule has 0 aromatic heterocycles. The van der Waals surface area contributed by atoms with E-state index in [2.05, 4.69) is 0 Å². The van der Waals surface area contributed by atoms with Crippen molar-refractivity contribution in [2.24, 2.45) is 11.8 Å². The Hall–Kier alpha value is -1.71. The number of phenols is 1. The van der Waals surface area contributed by atoms with Crippen LogP contribution in [0.5, 0.6) is 11.5 Å². The lowest BCUT2D eigenvalue weighted by atomic mass is 10.0. The highest BCUT2D eigenvalue weighted by Crippen LogP contribution is 2.38. The van der Waals surface area contributed by atoms with Gasteiger partial charge in [-0.05, 0) is 42.9 Å². The number of nitrogens with zero attached hydrogens (tertiary/aromatic N) is 1. The molecule has 1 N–H and O–H groups in total. The molecule has 2 aliphatic rings. The van der Waals surface area contributed by atoms with E-state index in [0.717, 1.165) is 13.1 Å². The summed E-state index contributed by atoms with van der Waals surface area (Å²) in [4.78, 5) is 14.4. The molecule has 1 aliphatic carbocycles. The Balaban J connectivity index is 1.80. The van der Waals surface area contributed by atoms with Gasteiger partial charge in [0, 0.05) is 13.1 Å². The van der Waals surface area contributed by atoms with Crippen molar-refractivity contribution in [3.8, 4) is 11.5 Å². The number of phenolic OH excluding ortho intramolecular Hbond substituents is 1. The average molecular weight is 261 g/mol. The molecule has 3 rings (SSSR count). The van der Waals surface area contributed by atoms with Gasteiger partial charge >= 0.3 is 0 Å². The number of methoxy groups -OCH3 is 1. The Morgan fingerprint density at radius 3 is 2.63 bits per heavy atom. The van der Waals surface area contributed by atoms with E-state index in [1.54, 1.807) is 19.2 Å². The number of benzene rings is 1. The van der Waals surface area contributed by atoms with E-state index in [1.807, 2.05) is 4.90 Å². The van der Waals surface area contributed by atoms with Gasteiger partial charge in [0.25, 0.3) is 5.91 Å². The Morgan fingerprint density at radius 1 is 1.32 bits per heavy atom. The minimum atomic E-state index is -0.0780. The molecule has 0 spiro atoms. The first-order chi connectivity index (χ1) is 9.19. The standard InChI is InChI=1S/C15H19NO3/c1-19-12-5-6-14(17)13(7-12)15(18)16-8-10-3-2-4-11(10)9-16/h5-7,10-11,17H,2-4,8-9H2,1H3. The summed E-state index contributed by atoms with van der Waals surface area (Å²) < 4.78 is 5.12. The van der Waals surface area contributed by atoms with E-state index in [1.165, 1.54) is 25.3 Å². The Bertz CT molecular complexity index is 488. The van der Waals surface area contributed by atoms with Crippen LogP contribution in [0.3, 0.4) is 0 Å². The van der Waals surface area contributed by atoms with E-state index in [0.29, 0.717) is 23.1 Å². The van der Waals surface area contributed by atoms with Crippen molar-refractivity contribution in [3.63, 3.8) is 0 Å². The highest BCUT2D eigenvalue weighted by atomic mass is 16.5. The minimum absolute atomic E-state index is 0.0304. The highest BCUT2D eigenvalue weighted by Gasteiger charge is 2.38. The van der Waals surface area contributed by atoms with Gasteiger partial charge in [-0.15, -0.1) is 0 Å². The van der Waals surface area contributed by atoms with Crippen LogP contribution < -0.4 is 4.74 Å². The fraction of sp³-hybridized carbons (Fsp3) is 0.533. The Morgan fingerprint density at radius 2 is 2.00 bits per heavy atom. The summed E-state index contributed by atoms with van der Waals surface area (Å²) in [6, 6.07) is 4.79. The van der Waals surface area contributed by atoms with Crippen molar-refractivity contribution in [2.75, 3.05) is 20.2 Å². The van der Waals surface area contributed by atoms with Gasteiger partial charge in [-0.1, -0.05) is 6.42 Å². The second-order valence-corrected chi connectivity index (χ2v) is 5.54. The molecule has 0 radical (unpaired) electrons. The molecule has 2 atom stereocenters. The predicted molar refractivity (Wildman–Crippen MR) is 71.4 cm³/mol. The summed E-state index contributed by atoms with van der Waals surface area (Å²) in [6.07, 6.45) is 3.76. The van der Waals surface area contributed by atoms with Crippen molar-refractivity contribution in [1.29, 1.82) is 0 Å². The van der Waals surface area contributed by atoms with Crippen LogP contribution in [0.1, 0.15) is 29.6 Å². The topological polar surface area (TPSA) is 49.8 Å². The monoisotopic (exact) mass is 261 g/mol. The third-order valence-corrected chi connectivity index (χ3v) is 4.45. The van der Waals surface area contributed by atoms with Gasteiger partial charge in [-0.25, -0.2) is 0 Å². The number of ether oxygens (including phenoxy) is 1. The van der Waals surface area contributed by atoms with Crippen LogP contribution in [-0.2, 0) is 0 Å². The molecule has 0 bridgehead atoms. The van der Waals surface area contributed by atoms with E-state index < -0.39 is 0 Å². The van der Waals surface area contributed by atoms with Crippen molar-refractivity contribution >= 4 is 5.91 Å². The predicted octanol–water partition coefficient (Wildman–Crippen LogP) is 2.27. The number of amides is 1. The fourth-order valence-corrected chi connectivity index (χ4v) is 3.38. The lowest BCUT2D eigenvalue weighted by molar-refractivity contribution is 0.0777. The third kappa shape index (κ3) is 2.15. The van der Waals surface area contributed by atoms with Crippen molar-refractivity contribution in [3.05, 3.63) is 23.8 Å². The maximum atomic E-state index is 12.5. The van der Waals surface area contributed by atoms with Crippen LogP contribution >= 0.6 is 0 Å². The summed E-state index contributed by atoms with van der Waals surface area (Å²) in [7, 11) is 1.56. The van der Waals surface area contributed by atoms with Crippen molar-refractivity contribution < 1.29 is 14.6 Å². The normalized spacial score (nSPS) is 25.4. The molecule has 2 unspecified atom stereocenters. The molecule has 1 amide bonds. The Kier molecular flexibility index (Phi) is 3.09. The summed E-state index contributed by atoms with van der Waals surface area (Å²) in [5.41, 5.74) is 0.347. The fourth-order valence-electron chi connectivity index (χ4n) is 3.38. The molecule has 1 aromatic rings. The molecular formula is C15H19NO3. The van der Waals surface area contributed by atoms with Crippen molar-refractivity contribution in [1.82, 2.24) is 4.90 Å². The maximum Gasteiger partial charge on any atom is 0.257 e. The molecule has 4 heteroatoms. The van der Waals surface area contributed by atoms with Crippen LogP contribution in [0.15, 0.2) is 18.2 Å². The van der Waals surface area contributed by atoms with E-state index in [-0.39, 0.29) is 11.7 Å². The first-order valence-electron chi connectivity index (χ1n) is 6.85. The average Bonchev–Trinajstić information content (AvgIpc) is 2.99. The smallest absolute Gasteiger partial charge is 0.257 e. The second-order valence-electron chi connectivity index (χ2n) is 5.54. The maximum absolute atomic E-state index is 12.5. The first kappa shape index (κ1) is 12.3. The SMILES string of the molecule is COc1ccc(O)c(C(=O)N2CC3CCCC3C2)c1. The summed E-state index contributed by atoms with van der Waals surface area (Å²) in [5.74, 6) is 1.88. The van der Waals surface area contributed by atoms with Gasteiger partial charge in [0.05, 0.1) is 12.7 Å². The number of carbonyl (C=O) groups excluding carboxylic acids is 1. The molecule has 19 heavy (non-hydrogen) atoms. The van der Waals surface area contributed by atoms with Crippen LogP contribution in [-0.4, -0.2) is 36.1 Å². The quantitative estimate of drug-likeness (QED) is 0.888. The Labute approximate surface area is 113 Å². The van der Waals surface area contributed by atoms with Gasteiger partial charge in [-0.3, -0.25) is 4.79 Å². The molecule has 1 saturated carbocycles. The number of aromatic hydroxyl groups is 1. The van der Waals surface area contributed by atoms with E-state index >= 15 is 0 Å². The van der Waals surface area contributed by atoms with Crippen LogP contribution in [0, 0.1) is 11.8 Å². The molecule has 1 aliphatic heterocycles. The zero-order chi connectivity index (χ0) is 13.4. The highest BCUT2D eigenvalue weighted by molar-refractivity contribution is 5.97. The largest absolute Gasteiger partial charge is 0.507 e. The van der Waals surface area contributed by atoms with Gasteiger partial charge in [-0.2, -0.15) is 0 Å². The lowest BCUT2D eigenvalue weighted by Gasteiger charge is -2.18. The summed E-state index contributed by atoms with van der Waals surface area (Å²) in [6.45, 7) is 1.67. The molecule has 1 heterocycles. The number of hydrogen-bond acceptors (Lipinski definition) is 3. The minimum Gasteiger partial charge on any atom is -0.507 e. The number of likely N-dealkylation sites (tertiary alicyclic amines) is 1. The van der Waals surface area contributed by atoms with Gasteiger partial charge in [0.1, 0.15) is 11.5 Å². The van der Waals surface area contributed by atoms with E-state index in [4.69, 9.17) is 4.74 Å². The van der Waals surface area contributed by atoms with Crippen LogP contribution in [0.4, 0.5) is 0 Å². The number of rotatable bonds is 2. The lowest BCUT2D eigenvalue weighted by Crippen LogP contribution is -2.29. The second kappa shape index (κ2) is 4.76. The van der Waals surface area contributed by atoms with Gasteiger partial charge in [0.2, 0.25) is 0 Å². The van der Waals surface area contributed by atoms with E-state index in [9.17, 15) is 9.90 Å². The molecule has 2 fully saturated rings. The number of hydrogen-bond donors (Lipinski definition) is 1. The molecule has 1 saturated heterocycles. The molecule has 4 nitrogen and oxygen atoms in total. The molecular weight excluding hydrogens is 242 g/mol. The molecule has 102 valence electrons. The third-order valence-electron chi connectivity index (χ3n) is 4.45. The summed E-state index contributed by atoms with van der Waals surface area (Å²) >= 11 is 0. The van der Waals surface area contributed by atoms with Crippen molar-refractivity contribution in [2.45, 2.75) is 19.3 Å². The zero-order valence-electron chi connectivity index (χ0n) is 11.1. The van der Waals surface area contributed by atoms with Crippen LogP contribution in [0.2, 0.25) is 0 Å².